The number of hydrogen-bond acceptors (Lipinski definition) is 2. The van der Waals surface area contributed by atoms with Crippen LogP contribution in [0.3, 0.4) is 0 Å². The van der Waals surface area contributed by atoms with Crippen molar-refractivity contribution in [1.82, 2.24) is 10.3 Å². The highest BCUT2D eigenvalue weighted by Gasteiger charge is 2.08. The van der Waals surface area contributed by atoms with E-state index < -0.39 is 0 Å². The standard InChI is InChI=1S/C14H18N2/c1-3-11(10-15-2)12-6-7-14-13(9-12)5-4-8-16-14/h4-9,11,15H,3,10H2,1-2H3. The van der Waals surface area contributed by atoms with Crippen molar-refractivity contribution in [2.75, 3.05) is 13.6 Å². The molecule has 1 unspecified atom stereocenters. The number of pyridine rings is 1. The lowest BCUT2D eigenvalue weighted by Crippen LogP contribution is -2.16. The molecule has 1 N–H and O–H groups in total. The first-order chi connectivity index (χ1) is 7.85. The van der Waals surface area contributed by atoms with Crippen molar-refractivity contribution in [2.24, 2.45) is 0 Å². The largest absolute Gasteiger partial charge is 0.319 e. The highest BCUT2D eigenvalue weighted by atomic mass is 14.8. The summed E-state index contributed by atoms with van der Waals surface area (Å²) in [5.74, 6) is 0.592. The zero-order valence-electron chi connectivity index (χ0n) is 9.90. The van der Waals surface area contributed by atoms with Crippen molar-refractivity contribution in [3.8, 4) is 0 Å². The fourth-order valence-corrected chi connectivity index (χ4v) is 2.09. The number of rotatable bonds is 4. The zero-order chi connectivity index (χ0) is 11.4. The van der Waals surface area contributed by atoms with Crippen LogP contribution in [0, 0.1) is 0 Å². The van der Waals surface area contributed by atoms with Gasteiger partial charge >= 0.3 is 0 Å². The second kappa shape index (κ2) is 5.08. The molecule has 1 aromatic carbocycles. The first-order valence-electron chi connectivity index (χ1n) is 5.84. The lowest BCUT2D eigenvalue weighted by atomic mass is 9.95. The van der Waals surface area contributed by atoms with E-state index in [-0.39, 0.29) is 0 Å². The van der Waals surface area contributed by atoms with E-state index in [1.165, 1.54) is 10.9 Å². The van der Waals surface area contributed by atoms with Gasteiger partial charge in [-0.05, 0) is 43.1 Å². The van der Waals surface area contributed by atoms with Gasteiger partial charge in [-0.1, -0.05) is 19.1 Å². The van der Waals surface area contributed by atoms with E-state index in [1.54, 1.807) is 0 Å². The summed E-state index contributed by atoms with van der Waals surface area (Å²) in [6.45, 7) is 3.26. The van der Waals surface area contributed by atoms with Gasteiger partial charge in [0, 0.05) is 18.1 Å². The first-order valence-corrected chi connectivity index (χ1v) is 5.84. The fraction of sp³-hybridized carbons (Fsp3) is 0.357. The molecule has 2 nitrogen and oxygen atoms in total. The second-order valence-corrected chi connectivity index (χ2v) is 4.12. The summed E-state index contributed by atoms with van der Waals surface area (Å²) in [5.41, 5.74) is 2.47. The predicted octanol–water partition coefficient (Wildman–Crippen LogP) is 2.95. The molecule has 1 heterocycles. The minimum atomic E-state index is 0.592. The maximum atomic E-state index is 4.34. The Labute approximate surface area is 96.7 Å². The third-order valence-electron chi connectivity index (χ3n) is 3.04. The molecule has 0 saturated carbocycles. The van der Waals surface area contributed by atoms with E-state index in [4.69, 9.17) is 0 Å². The summed E-state index contributed by atoms with van der Waals surface area (Å²) in [5, 5.41) is 4.48. The van der Waals surface area contributed by atoms with Crippen LogP contribution < -0.4 is 5.32 Å². The summed E-state index contributed by atoms with van der Waals surface area (Å²) >= 11 is 0. The minimum Gasteiger partial charge on any atom is -0.319 e. The molecule has 0 saturated heterocycles. The molecule has 0 amide bonds. The van der Waals surface area contributed by atoms with E-state index in [1.807, 2.05) is 19.3 Å². The maximum Gasteiger partial charge on any atom is 0.0702 e. The lowest BCUT2D eigenvalue weighted by Gasteiger charge is -2.15. The Morgan fingerprint density at radius 1 is 1.31 bits per heavy atom. The monoisotopic (exact) mass is 214 g/mol. The Bertz CT molecular complexity index is 465. The van der Waals surface area contributed by atoms with Crippen LogP contribution in [0.4, 0.5) is 0 Å². The number of nitrogens with one attached hydrogen (secondary N) is 1. The van der Waals surface area contributed by atoms with Crippen LogP contribution in [-0.2, 0) is 0 Å². The van der Waals surface area contributed by atoms with E-state index in [9.17, 15) is 0 Å². The zero-order valence-corrected chi connectivity index (χ0v) is 9.90. The summed E-state index contributed by atoms with van der Waals surface area (Å²) in [4.78, 5) is 4.34. The van der Waals surface area contributed by atoms with E-state index in [0.29, 0.717) is 5.92 Å². The van der Waals surface area contributed by atoms with Crippen molar-refractivity contribution in [3.05, 3.63) is 42.1 Å². The molecule has 2 rings (SSSR count). The summed E-state index contributed by atoms with van der Waals surface area (Å²) in [6, 6.07) is 10.7. The second-order valence-electron chi connectivity index (χ2n) is 4.12. The normalized spacial score (nSPS) is 12.9. The molecule has 16 heavy (non-hydrogen) atoms. The van der Waals surface area contributed by atoms with Crippen molar-refractivity contribution < 1.29 is 0 Å². The van der Waals surface area contributed by atoms with Crippen LogP contribution in [0.2, 0.25) is 0 Å². The first kappa shape index (κ1) is 11.1. The molecular formula is C14H18N2. The molecule has 2 heteroatoms. The van der Waals surface area contributed by atoms with Crippen LogP contribution in [0.15, 0.2) is 36.5 Å². The van der Waals surface area contributed by atoms with E-state index in [2.05, 4.69) is 41.5 Å². The van der Waals surface area contributed by atoms with Crippen molar-refractivity contribution >= 4 is 10.9 Å². The number of nitrogens with zero attached hydrogens (tertiary/aromatic N) is 1. The third-order valence-corrected chi connectivity index (χ3v) is 3.04. The highest BCUT2D eigenvalue weighted by Crippen LogP contribution is 2.22. The molecule has 1 atom stereocenters. The van der Waals surface area contributed by atoms with Gasteiger partial charge in [0.2, 0.25) is 0 Å². The fourth-order valence-electron chi connectivity index (χ4n) is 2.09. The molecule has 1 aromatic heterocycles. The Kier molecular flexibility index (Phi) is 3.52. The summed E-state index contributed by atoms with van der Waals surface area (Å²) in [7, 11) is 2.01. The Morgan fingerprint density at radius 2 is 2.19 bits per heavy atom. The van der Waals surface area contributed by atoms with Crippen LogP contribution in [0.25, 0.3) is 10.9 Å². The molecule has 2 aromatic rings. The third kappa shape index (κ3) is 2.22. The molecule has 0 aliphatic rings. The Hall–Kier alpha value is -1.41. The van der Waals surface area contributed by atoms with E-state index >= 15 is 0 Å². The predicted molar refractivity (Wildman–Crippen MR) is 68.7 cm³/mol. The molecular weight excluding hydrogens is 196 g/mol. The topological polar surface area (TPSA) is 24.9 Å². The van der Waals surface area contributed by atoms with Gasteiger partial charge in [-0.2, -0.15) is 0 Å². The molecule has 0 fully saturated rings. The van der Waals surface area contributed by atoms with Crippen LogP contribution in [-0.4, -0.2) is 18.6 Å². The van der Waals surface area contributed by atoms with Gasteiger partial charge in [0.25, 0.3) is 0 Å². The quantitative estimate of drug-likeness (QED) is 0.846. The molecule has 0 bridgehead atoms. The number of benzene rings is 1. The van der Waals surface area contributed by atoms with Crippen LogP contribution in [0.5, 0.6) is 0 Å². The summed E-state index contributed by atoms with van der Waals surface area (Å²) < 4.78 is 0. The van der Waals surface area contributed by atoms with Gasteiger partial charge in [0.05, 0.1) is 5.52 Å². The highest BCUT2D eigenvalue weighted by molar-refractivity contribution is 5.79. The van der Waals surface area contributed by atoms with E-state index in [0.717, 1.165) is 18.5 Å². The van der Waals surface area contributed by atoms with Crippen molar-refractivity contribution in [1.29, 1.82) is 0 Å². The van der Waals surface area contributed by atoms with Gasteiger partial charge in [-0.3, -0.25) is 4.98 Å². The molecule has 0 aliphatic heterocycles. The van der Waals surface area contributed by atoms with Crippen molar-refractivity contribution in [2.45, 2.75) is 19.3 Å². The maximum absolute atomic E-state index is 4.34. The number of aromatic nitrogens is 1. The smallest absolute Gasteiger partial charge is 0.0702 e. The number of fused-ring (bicyclic) bond motifs is 1. The SMILES string of the molecule is CCC(CNC)c1ccc2ncccc2c1. The average molecular weight is 214 g/mol. The Balaban J connectivity index is 2.37. The van der Waals surface area contributed by atoms with Gasteiger partial charge in [-0.15, -0.1) is 0 Å². The molecule has 0 aliphatic carbocycles. The lowest BCUT2D eigenvalue weighted by molar-refractivity contribution is 0.612. The Morgan fingerprint density at radius 3 is 2.94 bits per heavy atom. The van der Waals surface area contributed by atoms with Gasteiger partial charge < -0.3 is 5.32 Å². The number of hydrogen-bond donors (Lipinski definition) is 1. The van der Waals surface area contributed by atoms with Crippen LogP contribution in [0.1, 0.15) is 24.8 Å². The van der Waals surface area contributed by atoms with Crippen molar-refractivity contribution in [3.63, 3.8) is 0 Å². The summed E-state index contributed by atoms with van der Waals surface area (Å²) in [6.07, 6.45) is 3.00. The molecule has 84 valence electrons. The van der Waals surface area contributed by atoms with Gasteiger partial charge in [0.1, 0.15) is 0 Å². The average Bonchev–Trinajstić information content (AvgIpc) is 2.35. The molecule has 0 radical (unpaired) electrons. The van der Waals surface area contributed by atoms with Crippen LogP contribution >= 0.6 is 0 Å². The minimum absolute atomic E-state index is 0.592. The molecule has 0 spiro atoms. The van der Waals surface area contributed by atoms with Gasteiger partial charge in [-0.25, -0.2) is 0 Å². The van der Waals surface area contributed by atoms with Gasteiger partial charge in [0.15, 0.2) is 0 Å². The number of likely N-dealkylation sites (N-methyl/N-ethyl adjacent to an activating group) is 1.